The van der Waals surface area contributed by atoms with Crippen LogP contribution in [0.1, 0.15) is 86.0 Å². The van der Waals surface area contributed by atoms with Crippen LogP contribution in [0.4, 0.5) is 0 Å². The summed E-state index contributed by atoms with van der Waals surface area (Å²) in [6.45, 7) is 10.7. The summed E-state index contributed by atoms with van der Waals surface area (Å²) in [5, 5.41) is 4.28. The zero-order chi connectivity index (χ0) is 22.6. The lowest BCUT2D eigenvalue weighted by atomic mass is 9.46. The van der Waals surface area contributed by atoms with Gasteiger partial charge in [-0.25, -0.2) is 4.79 Å². The summed E-state index contributed by atoms with van der Waals surface area (Å²) < 4.78 is 0. The summed E-state index contributed by atoms with van der Waals surface area (Å²) in [7, 11) is 0. The van der Waals surface area contributed by atoms with Crippen LogP contribution in [0, 0.1) is 40.4 Å². The standard InChI is InChI=1S/C26H40N2O3.ClH/c1-15(2)23(27)24(30)31-28-16(3)20-8-9-21-19-7-6-17-14-18(29)10-12-25(17,4)22(19)11-13-26(20,21)5;/h14-15,19-23H,6-13,27H2,1-5H3;1H/b28-16+;/t19-,20+,21-,22-,23+,25-,26+;/m0./s1. The minimum absolute atomic E-state index is 0. The lowest BCUT2D eigenvalue weighted by molar-refractivity contribution is -0.146. The molecular weight excluding hydrogens is 424 g/mol. The molecule has 6 heteroatoms. The van der Waals surface area contributed by atoms with Crippen LogP contribution in [0.2, 0.25) is 0 Å². The van der Waals surface area contributed by atoms with Crippen molar-refractivity contribution in [3.63, 3.8) is 0 Å². The third-order valence-electron chi connectivity index (χ3n) is 9.74. The van der Waals surface area contributed by atoms with Crippen molar-refractivity contribution in [2.24, 2.45) is 51.3 Å². The lowest BCUT2D eigenvalue weighted by Crippen LogP contribution is -2.51. The normalized spacial score (nSPS) is 39.9. The molecule has 4 aliphatic rings. The van der Waals surface area contributed by atoms with Crippen molar-refractivity contribution in [1.29, 1.82) is 0 Å². The van der Waals surface area contributed by atoms with E-state index in [-0.39, 0.29) is 29.2 Å². The Morgan fingerprint density at radius 2 is 1.84 bits per heavy atom. The monoisotopic (exact) mass is 464 g/mol. The Morgan fingerprint density at radius 3 is 2.53 bits per heavy atom. The number of nitrogens with zero attached hydrogens (tertiary/aromatic N) is 1. The van der Waals surface area contributed by atoms with E-state index in [1.54, 1.807) is 0 Å². The number of hydrogen-bond acceptors (Lipinski definition) is 5. The van der Waals surface area contributed by atoms with Gasteiger partial charge in [0.05, 0.1) is 5.71 Å². The maximum atomic E-state index is 12.2. The Morgan fingerprint density at radius 1 is 1.12 bits per heavy atom. The van der Waals surface area contributed by atoms with E-state index in [0.29, 0.717) is 30.0 Å². The lowest BCUT2D eigenvalue weighted by Gasteiger charge is -2.58. The molecule has 0 radical (unpaired) electrons. The first kappa shape index (κ1) is 25.4. The Labute approximate surface area is 199 Å². The maximum Gasteiger partial charge on any atom is 0.351 e. The van der Waals surface area contributed by atoms with E-state index in [1.807, 2.05) is 26.8 Å². The molecule has 0 spiro atoms. The Balaban J connectivity index is 0.00000289. The van der Waals surface area contributed by atoms with Gasteiger partial charge in [0.2, 0.25) is 0 Å². The summed E-state index contributed by atoms with van der Waals surface area (Å²) in [5.74, 6) is 2.38. The Kier molecular flexibility index (Phi) is 7.32. The van der Waals surface area contributed by atoms with Crippen LogP contribution in [0.5, 0.6) is 0 Å². The maximum absolute atomic E-state index is 12.2. The molecule has 0 amide bonds. The largest absolute Gasteiger partial charge is 0.351 e. The minimum atomic E-state index is -0.633. The van der Waals surface area contributed by atoms with Gasteiger partial charge in [-0.2, -0.15) is 0 Å². The molecule has 32 heavy (non-hydrogen) atoms. The smallest absolute Gasteiger partial charge is 0.318 e. The highest BCUT2D eigenvalue weighted by molar-refractivity contribution is 5.91. The van der Waals surface area contributed by atoms with Gasteiger partial charge in [-0.1, -0.05) is 38.4 Å². The van der Waals surface area contributed by atoms with E-state index in [1.165, 1.54) is 31.3 Å². The zero-order valence-electron chi connectivity index (χ0n) is 20.4. The molecule has 0 aromatic carbocycles. The first-order valence-electron chi connectivity index (χ1n) is 12.3. The van der Waals surface area contributed by atoms with Gasteiger partial charge in [-0.3, -0.25) is 4.79 Å². The van der Waals surface area contributed by atoms with Gasteiger partial charge < -0.3 is 10.6 Å². The minimum Gasteiger partial charge on any atom is -0.318 e. The summed E-state index contributed by atoms with van der Waals surface area (Å²) in [6.07, 6.45) is 10.8. The van der Waals surface area contributed by atoms with Crippen LogP contribution in [0.25, 0.3) is 0 Å². The van der Waals surface area contributed by atoms with Crippen molar-refractivity contribution < 1.29 is 14.4 Å². The van der Waals surface area contributed by atoms with Crippen molar-refractivity contribution in [2.75, 3.05) is 0 Å². The van der Waals surface area contributed by atoms with Gasteiger partial charge in [0.25, 0.3) is 0 Å². The van der Waals surface area contributed by atoms with Gasteiger partial charge >= 0.3 is 5.97 Å². The number of carbonyl (C=O) groups is 2. The summed E-state index contributed by atoms with van der Waals surface area (Å²) in [5.41, 5.74) is 8.70. The molecule has 0 heterocycles. The summed E-state index contributed by atoms with van der Waals surface area (Å²) >= 11 is 0. The fourth-order valence-electron chi connectivity index (χ4n) is 7.76. The second-order valence-electron chi connectivity index (χ2n) is 11.6. The van der Waals surface area contributed by atoms with Crippen molar-refractivity contribution in [3.8, 4) is 0 Å². The predicted octanol–water partition coefficient (Wildman–Crippen LogP) is 5.46. The predicted molar refractivity (Wildman–Crippen MR) is 129 cm³/mol. The third kappa shape index (κ3) is 4.09. The number of rotatable bonds is 4. The van der Waals surface area contributed by atoms with Crippen molar-refractivity contribution >= 4 is 29.9 Å². The molecular formula is C26H41ClN2O3. The number of carbonyl (C=O) groups excluding carboxylic acids is 2. The number of ketones is 1. The molecule has 0 unspecified atom stereocenters. The summed E-state index contributed by atoms with van der Waals surface area (Å²) in [6, 6.07) is -0.633. The van der Waals surface area contributed by atoms with Crippen molar-refractivity contribution in [1.82, 2.24) is 0 Å². The first-order chi connectivity index (χ1) is 14.6. The SMILES string of the molecule is C/C(=N\OC(=O)[C@H](N)C(C)C)[C@H]1CC[C@H]2[C@@H]3CCC4=CC(=O)CC[C@]4(C)[C@H]3CC[C@]12C.Cl. The Bertz CT molecular complexity index is 822. The number of oxime groups is 1. The second-order valence-corrected chi connectivity index (χ2v) is 11.6. The van der Waals surface area contributed by atoms with E-state index >= 15 is 0 Å². The van der Waals surface area contributed by atoms with E-state index in [9.17, 15) is 9.59 Å². The molecule has 0 aromatic rings. The average Bonchev–Trinajstić information content (AvgIpc) is 3.09. The number of allylic oxidation sites excluding steroid dienone is 1. The van der Waals surface area contributed by atoms with Gasteiger partial charge in [-0.05, 0) is 92.4 Å². The van der Waals surface area contributed by atoms with Crippen LogP contribution >= 0.6 is 12.4 Å². The molecule has 0 aromatic heterocycles. The first-order valence-corrected chi connectivity index (χ1v) is 12.3. The van der Waals surface area contributed by atoms with Gasteiger partial charge in [0.15, 0.2) is 5.78 Å². The van der Waals surface area contributed by atoms with E-state index in [0.717, 1.165) is 30.9 Å². The van der Waals surface area contributed by atoms with Gasteiger partial charge in [-0.15, -0.1) is 12.4 Å². The van der Waals surface area contributed by atoms with Crippen LogP contribution in [0.3, 0.4) is 0 Å². The molecule has 4 rings (SSSR count). The molecule has 3 fully saturated rings. The number of fused-ring (bicyclic) bond motifs is 5. The highest BCUT2D eigenvalue weighted by Gasteiger charge is 2.59. The molecule has 2 N–H and O–H groups in total. The quantitative estimate of drug-likeness (QED) is 0.340. The van der Waals surface area contributed by atoms with E-state index < -0.39 is 12.0 Å². The topological polar surface area (TPSA) is 81.8 Å². The highest BCUT2D eigenvalue weighted by atomic mass is 35.5. The van der Waals surface area contributed by atoms with E-state index in [4.69, 9.17) is 10.6 Å². The van der Waals surface area contributed by atoms with Crippen LogP contribution < -0.4 is 5.73 Å². The van der Waals surface area contributed by atoms with E-state index in [2.05, 4.69) is 19.0 Å². The number of halogens is 1. The highest BCUT2D eigenvalue weighted by Crippen LogP contribution is 2.66. The van der Waals surface area contributed by atoms with Crippen LogP contribution in [-0.2, 0) is 14.4 Å². The molecule has 0 bridgehead atoms. The zero-order valence-corrected chi connectivity index (χ0v) is 21.2. The van der Waals surface area contributed by atoms with Crippen LogP contribution in [0.15, 0.2) is 16.8 Å². The number of nitrogens with two attached hydrogens (primary N) is 1. The van der Waals surface area contributed by atoms with Crippen molar-refractivity contribution in [3.05, 3.63) is 11.6 Å². The van der Waals surface area contributed by atoms with Gasteiger partial charge in [0, 0.05) is 12.3 Å². The molecule has 0 aliphatic heterocycles. The molecule has 180 valence electrons. The molecule has 3 saturated carbocycles. The molecule has 7 atom stereocenters. The third-order valence-corrected chi connectivity index (χ3v) is 9.74. The Hall–Kier alpha value is -1.20. The fourth-order valence-corrected chi connectivity index (χ4v) is 7.76. The van der Waals surface area contributed by atoms with Crippen molar-refractivity contribution in [2.45, 2.75) is 92.0 Å². The average molecular weight is 465 g/mol. The van der Waals surface area contributed by atoms with Crippen LogP contribution in [-0.4, -0.2) is 23.5 Å². The molecule has 0 saturated heterocycles. The summed E-state index contributed by atoms with van der Waals surface area (Å²) in [4.78, 5) is 29.4. The second kappa shape index (κ2) is 9.21. The van der Waals surface area contributed by atoms with Gasteiger partial charge in [0.1, 0.15) is 6.04 Å². The fraction of sp³-hybridized carbons (Fsp3) is 0.808. The number of hydrogen-bond donors (Lipinski definition) is 1. The molecule has 5 nitrogen and oxygen atoms in total. The molecule has 4 aliphatic carbocycles.